The van der Waals surface area contributed by atoms with Gasteiger partial charge in [-0.2, -0.15) is 5.26 Å². The van der Waals surface area contributed by atoms with Gasteiger partial charge >= 0.3 is 0 Å². The van der Waals surface area contributed by atoms with E-state index in [1.54, 1.807) is 0 Å². The molecule has 1 aliphatic rings. The summed E-state index contributed by atoms with van der Waals surface area (Å²) in [6.45, 7) is 5.70. The SMILES string of the molecule is Cc1ccc(NC(=S)NCCCNc2nc3cc4c(cc3cc2C#N)OCO4)cc1C. The fraction of sp³-hybridized carbons (Fsp3) is 0.261. The summed E-state index contributed by atoms with van der Waals surface area (Å²) in [5.74, 6) is 1.91. The Morgan fingerprint density at radius 1 is 1.10 bits per heavy atom. The summed E-state index contributed by atoms with van der Waals surface area (Å²) in [6.07, 6.45) is 0.806. The van der Waals surface area contributed by atoms with Crippen molar-refractivity contribution in [2.75, 3.05) is 30.5 Å². The monoisotopic (exact) mass is 433 g/mol. The second-order valence-electron chi connectivity index (χ2n) is 7.35. The van der Waals surface area contributed by atoms with Crippen LogP contribution in [0.25, 0.3) is 10.9 Å². The maximum absolute atomic E-state index is 9.50. The van der Waals surface area contributed by atoms with Gasteiger partial charge in [0.2, 0.25) is 6.79 Å². The smallest absolute Gasteiger partial charge is 0.231 e. The molecule has 3 N–H and O–H groups in total. The van der Waals surface area contributed by atoms with E-state index in [1.165, 1.54) is 11.1 Å². The molecule has 158 valence electrons. The molecular weight excluding hydrogens is 410 g/mol. The molecule has 1 aromatic heterocycles. The van der Waals surface area contributed by atoms with Crippen LogP contribution in [0.5, 0.6) is 11.5 Å². The van der Waals surface area contributed by atoms with Crippen LogP contribution < -0.4 is 25.4 Å². The first-order valence-corrected chi connectivity index (χ1v) is 10.4. The fourth-order valence-corrected chi connectivity index (χ4v) is 3.50. The first-order chi connectivity index (χ1) is 15.0. The van der Waals surface area contributed by atoms with Gasteiger partial charge in [0.25, 0.3) is 0 Å². The molecule has 0 aliphatic carbocycles. The molecule has 0 saturated heterocycles. The van der Waals surface area contributed by atoms with Gasteiger partial charge in [0.05, 0.1) is 11.1 Å². The highest BCUT2D eigenvalue weighted by atomic mass is 32.1. The summed E-state index contributed by atoms with van der Waals surface area (Å²) in [5, 5.41) is 20.6. The van der Waals surface area contributed by atoms with Gasteiger partial charge in [-0.25, -0.2) is 4.98 Å². The molecule has 0 atom stereocenters. The van der Waals surface area contributed by atoms with Crippen LogP contribution in [0, 0.1) is 25.2 Å². The number of thiocarbonyl (C=S) groups is 1. The number of aryl methyl sites for hydroxylation is 2. The number of nitriles is 1. The van der Waals surface area contributed by atoms with Crippen LogP contribution in [0.4, 0.5) is 11.5 Å². The summed E-state index contributed by atoms with van der Waals surface area (Å²) in [4.78, 5) is 4.60. The molecule has 0 fully saturated rings. The molecule has 8 heteroatoms. The summed E-state index contributed by atoms with van der Waals surface area (Å²) in [7, 11) is 0. The van der Waals surface area contributed by atoms with Gasteiger partial charge in [-0.05, 0) is 67.9 Å². The molecular formula is C23H23N5O2S. The van der Waals surface area contributed by atoms with Crippen LogP contribution in [-0.2, 0) is 0 Å². The Hall–Kier alpha value is -3.57. The number of benzene rings is 2. The topological polar surface area (TPSA) is 91.2 Å². The van der Waals surface area contributed by atoms with Crippen LogP contribution in [0.3, 0.4) is 0 Å². The number of pyridine rings is 1. The van der Waals surface area contributed by atoms with Crippen molar-refractivity contribution in [3.8, 4) is 17.6 Å². The van der Waals surface area contributed by atoms with Gasteiger partial charge in [-0.1, -0.05) is 6.07 Å². The van der Waals surface area contributed by atoms with Gasteiger partial charge in [0.15, 0.2) is 16.6 Å². The third-order valence-corrected chi connectivity index (χ3v) is 5.37. The van der Waals surface area contributed by atoms with E-state index in [9.17, 15) is 5.26 Å². The Bertz CT molecular complexity index is 1190. The van der Waals surface area contributed by atoms with E-state index >= 15 is 0 Å². The molecule has 0 spiro atoms. The molecule has 3 aromatic rings. The Kier molecular flexibility index (Phi) is 6.05. The standard InChI is InChI=1S/C23H23N5O2S/c1-14-4-5-18(8-15(14)2)27-23(31)26-7-3-6-25-22-17(12-24)9-16-10-20-21(30-13-29-20)11-19(16)28-22/h4-5,8-11H,3,6-7,13H2,1-2H3,(H,25,28)(H2,26,27,31). The average Bonchev–Trinajstić information content (AvgIpc) is 3.21. The molecule has 0 amide bonds. The van der Waals surface area contributed by atoms with Crippen molar-refractivity contribution in [1.82, 2.24) is 10.3 Å². The Balaban J connectivity index is 1.30. The van der Waals surface area contributed by atoms with E-state index in [1.807, 2.05) is 24.3 Å². The Labute approximate surface area is 186 Å². The number of ether oxygens (including phenoxy) is 2. The summed E-state index contributed by atoms with van der Waals surface area (Å²) in [6, 6.07) is 13.9. The minimum absolute atomic E-state index is 0.203. The van der Waals surface area contributed by atoms with Crippen molar-refractivity contribution < 1.29 is 9.47 Å². The zero-order valence-corrected chi connectivity index (χ0v) is 18.2. The van der Waals surface area contributed by atoms with Gasteiger partial charge in [-0.15, -0.1) is 0 Å². The quantitative estimate of drug-likeness (QED) is 0.393. The van der Waals surface area contributed by atoms with Crippen LogP contribution >= 0.6 is 12.2 Å². The number of fused-ring (bicyclic) bond motifs is 2. The maximum Gasteiger partial charge on any atom is 0.231 e. The maximum atomic E-state index is 9.50. The number of anilines is 2. The lowest BCUT2D eigenvalue weighted by atomic mass is 10.1. The zero-order valence-electron chi connectivity index (χ0n) is 17.4. The van der Waals surface area contributed by atoms with Crippen molar-refractivity contribution in [3.63, 3.8) is 0 Å². The second kappa shape index (κ2) is 9.06. The minimum Gasteiger partial charge on any atom is -0.454 e. The van der Waals surface area contributed by atoms with Gasteiger partial charge in [-0.3, -0.25) is 0 Å². The number of aromatic nitrogens is 1. The van der Waals surface area contributed by atoms with Crippen molar-refractivity contribution in [3.05, 3.63) is 53.1 Å². The van der Waals surface area contributed by atoms with E-state index < -0.39 is 0 Å². The van der Waals surface area contributed by atoms with Crippen LogP contribution in [0.15, 0.2) is 36.4 Å². The van der Waals surface area contributed by atoms with Crippen molar-refractivity contribution in [2.24, 2.45) is 0 Å². The molecule has 0 saturated carbocycles. The third kappa shape index (κ3) is 4.78. The van der Waals surface area contributed by atoms with Gasteiger partial charge < -0.3 is 25.4 Å². The number of rotatable bonds is 6. The summed E-state index contributed by atoms with van der Waals surface area (Å²) < 4.78 is 10.8. The molecule has 31 heavy (non-hydrogen) atoms. The van der Waals surface area contributed by atoms with Crippen molar-refractivity contribution in [2.45, 2.75) is 20.3 Å². The predicted molar refractivity (Wildman–Crippen MR) is 126 cm³/mol. The number of nitrogens with one attached hydrogen (secondary N) is 3. The Morgan fingerprint density at radius 2 is 1.90 bits per heavy atom. The molecule has 0 unspecified atom stereocenters. The Morgan fingerprint density at radius 3 is 2.68 bits per heavy atom. The first kappa shape index (κ1) is 20.7. The fourth-order valence-electron chi connectivity index (χ4n) is 3.28. The highest BCUT2D eigenvalue weighted by Crippen LogP contribution is 2.36. The van der Waals surface area contributed by atoms with Crippen LogP contribution in [0.1, 0.15) is 23.1 Å². The molecule has 1 aliphatic heterocycles. The molecule has 0 bridgehead atoms. The molecule has 7 nitrogen and oxygen atoms in total. The second-order valence-corrected chi connectivity index (χ2v) is 7.76. The lowest BCUT2D eigenvalue weighted by Gasteiger charge is -2.13. The highest BCUT2D eigenvalue weighted by Gasteiger charge is 2.16. The average molecular weight is 434 g/mol. The van der Waals surface area contributed by atoms with Crippen molar-refractivity contribution >= 4 is 39.7 Å². The van der Waals surface area contributed by atoms with E-state index in [0.29, 0.717) is 41.1 Å². The van der Waals surface area contributed by atoms with E-state index in [-0.39, 0.29) is 6.79 Å². The zero-order chi connectivity index (χ0) is 21.8. The van der Waals surface area contributed by atoms with Gasteiger partial charge in [0, 0.05) is 30.2 Å². The van der Waals surface area contributed by atoms with Gasteiger partial charge in [0.1, 0.15) is 11.9 Å². The van der Waals surface area contributed by atoms with Crippen molar-refractivity contribution in [1.29, 1.82) is 5.26 Å². The molecule has 2 heterocycles. The first-order valence-electron chi connectivity index (χ1n) is 10.0. The minimum atomic E-state index is 0.203. The van der Waals surface area contributed by atoms with E-state index in [4.69, 9.17) is 21.7 Å². The largest absolute Gasteiger partial charge is 0.454 e. The number of hydrogen-bond donors (Lipinski definition) is 3. The molecule has 0 radical (unpaired) electrons. The van der Waals surface area contributed by atoms with E-state index in [0.717, 1.165) is 23.0 Å². The molecule has 4 rings (SSSR count). The lowest BCUT2D eigenvalue weighted by Crippen LogP contribution is -2.30. The van der Waals surface area contributed by atoms with Crippen LogP contribution in [-0.4, -0.2) is 30.0 Å². The summed E-state index contributed by atoms with van der Waals surface area (Å²) in [5.41, 5.74) is 4.68. The number of nitrogens with zero attached hydrogens (tertiary/aromatic N) is 2. The summed E-state index contributed by atoms with van der Waals surface area (Å²) >= 11 is 5.37. The lowest BCUT2D eigenvalue weighted by molar-refractivity contribution is 0.174. The highest BCUT2D eigenvalue weighted by molar-refractivity contribution is 7.80. The normalized spacial score (nSPS) is 11.8. The van der Waals surface area contributed by atoms with E-state index in [2.05, 4.69) is 53.0 Å². The molecule has 2 aromatic carbocycles. The predicted octanol–water partition coefficient (Wildman–Crippen LogP) is 4.24. The van der Waals surface area contributed by atoms with Crippen LogP contribution in [0.2, 0.25) is 0 Å². The number of hydrogen-bond acceptors (Lipinski definition) is 6. The third-order valence-electron chi connectivity index (χ3n) is 5.13.